The summed E-state index contributed by atoms with van der Waals surface area (Å²) < 4.78 is 5.40. The Kier molecular flexibility index (Phi) is 7.20. The van der Waals surface area contributed by atoms with Crippen molar-refractivity contribution in [3.63, 3.8) is 0 Å². The van der Waals surface area contributed by atoms with Gasteiger partial charge in [-0.3, -0.25) is 0 Å². The summed E-state index contributed by atoms with van der Waals surface area (Å²) >= 11 is 0. The van der Waals surface area contributed by atoms with Gasteiger partial charge < -0.3 is 15.4 Å². The summed E-state index contributed by atoms with van der Waals surface area (Å²) in [6.07, 6.45) is 2.12. The second kappa shape index (κ2) is 7.25. The van der Waals surface area contributed by atoms with Crippen molar-refractivity contribution in [2.75, 3.05) is 27.2 Å². The number of ether oxygens (including phenoxy) is 1. The molecule has 0 saturated heterocycles. The molecular formula is C13H30N2O. The molecule has 0 rings (SSSR count). The van der Waals surface area contributed by atoms with Crippen molar-refractivity contribution in [1.29, 1.82) is 0 Å². The molecule has 0 aliphatic rings. The van der Waals surface area contributed by atoms with Crippen molar-refractivity contribution in [2.45, 2.75) is 52.2 Å². The van der Waals surface area contributed by atoms with Crippen molar-refractivity contribution in [2.24, 2.45) is 11.7 Å². The molecule has 3 heteroatoms. The standard InChI is InChI=1S/C13H30N2O/c1-11(2)12(14)7-9-15(5)10-8-13(3,4)16-6/h11-12H,7-10,14H2,1-6H3. The predicted octanol–water partition coefficient (Wildman–Crippen LogP) is 2.11. The third-order valence-electron chi connectivity index (χ3n) is 3.35. The average Bonchev–Trinajstić information content (AvgIpc) is 2.23. The lowest BCUT2D eigenvalue weighted by molar-refractivity contribution is 0.00896. The van der Waals surface area contributed by atoms with Crippen LogP contribution in [0.4, 0.5) is 0 Å². The minimum absolute atomic E-state index is 0.0194. The van der Waals surface area contributed by atoms with Crippen LogP contribution < -0.4 is 5.73 Å². The van der Waals surface area contributed by atoms with E-state index in [0.717, 1.165) is 25.9 Å². The number of nitrogens with zero attached hydrogens (tertiary/aromatic N) is 1. The van der Waals surface area contributed by atoms with Gasteiger partial charge in [0.05, 0.1) is 5.60 Å². The molecule has 0 radical (unpaired) electrons. The molecule has 0 bridgehead atoms. The first-order chi connectivity index (χ1) is 7.28. The van der Waals surface area contributed by atoms with E-state index >= 15 is 0 Å². The first kappa shape index (κ1) is 15.9. The molecule has 2 N–H and O–H groups in total. The number of rotatable bonds is 8. The molecule has 0 aliphatic carbocycles. The van der Waals surface area contributed by atoms with Gasteiger partial charge in [0.1, 0.15) is 0 Å². The Bertz CT molecular complexity index is 181. The summed E-state index contributed by atoms with van der Waals surface area (Å²) in [5, 5.41) is 0. The van der Waals surface area contributed by atoms with Crippen LogP contribution in [0.15, 0.2) is 0 Å². The molecule has 0 aromatic carbocycles. The van der Waals surface area contributed by atoms with Crippen LogP contribution >= 0.6 is 0 Å². The van der Waals surface area contributed by atoms with Gasteiger partial charge in [0, 0.05) is 19.7 Å². The van der Waals surface area contributed by atoms with Gasteiger partial charge >= 0.3 is 0 Å². The van der Waals surface area contributed by atoms with Crippen LogP contribution in [-0.2, 0) is 4.74 Å². The molecule has 0 spiro atoms. The normalized spacial score (nSPS) is 14.8. The molecule has 0 saturated carbocycles. The molecular weight excluding hydrogens is 200 g/mol. The molecule has 98 valence electrons. The zero-order valence-electron chi connectivity index (χ0n) is 11.9. The van der Waals surface area contributed by atoms with Gasteiger partial charge in [-0.25, -0.2) is 0 Å². The van der Waals surface area contributed by atoms with Crippen LogP contribution in [0, 0.1) is 5.92 Å². The van der Waals surface area contributed by atoms with E-state index in [-0.39, 0.29) is 5.60 Å². The molecule has 3 nitrogen and oxygen atoms in total. The van der Waals surface area contributed by atoms with Gasteiger partial charge in [0.25, 0.3) is 0 Å². The highest BCUT2D eigenvalue weighted by atomic mass is 16.5. The van der Waals surface area contributed by atoms with Crippen LogP contribution in [0.25, 0.3) is 0 Å². The Hall–Kier alpha value is -0.120. The second-order valence-electron chi connectivity index (χ2n) is 5.71. The maximum atomic E-state index is 6.02. The summed E-state index contributed by atoms with van der Waals surface area (Å²) in [5.41, 5.74) is 6.00. The van der Waals surface area contributed by atoms with E-state index in [0.29, 0.717) is 12.0 Å². The molecule has 1 atom stereocenters. The fraction of sp³-hybridized carbons (Fsp3) is 1.00. The SMILES string of the molecule is COC(C)(C)CCN(C)CCC(N)C(C)C. The van der Waals surface area contributed by atoms with Crippen molar-refractivity contribution in [3.05, 3.63) is 0 Å². The van der Waals surface area contributed by atoms with Crippen LogP contribution in [0.1, 0.15) is 40.5 Å². The molecule has 16 heavy (non-hydrogen) atoms. The summed E-state index contributed by atoms with van der Waals surface area (Å²) in [4.78, 5) is 2.34. The third-order valence-corrected chi connectivity index (χ3v) is 3.35. The Labute approximate surface area is 101 Å². The lowest BCUT2D eigenvalue weighted by Gasteiger charge is -2.27. The van der Waals surface area contributed by atoms with Crippen molar-refractivity contribution >= 4 is 0 Å². The smallest absolute Gasteiger partial charge is 0.0634 e. The first-order valence-electron chi connectivity index (χ1n) is 6.28. The fourth-order valence-electron chi connectivity index (χ4n) is 1.38. The minimum Gasteiger partial charge on any atom is -0.379 e. The van der Waals surface area contributed by atoms with E-state index in [4.69, 9.17) is 10.5 Å². The lowest BCUT2D eigenvalue weighted by Crippen LogP contribution is -2.34. The van der Waals surface area contributed by atoms with E-state index in [9.17, 15) is 0 Å². The molecule has 0 aliphatic heterocycles. The molecule has 1 unspecified atom stereocenters. The van der Waals surface area contributed by atoms with Crippen LogP contribution in [-0.4, -0.2) is 43.8 Å². The van der Waals surface area contributed by atoms with Gasteiger partial charge in [-0.15, -0.1) is 0 Å². The zero-order chi connectivity index (χ0) is 12.8. The van der Waals surface area contributed by atoms with Crippen LogP contribution in [0.3, 0.4) is 0 Å². The number of methoxy groups -OCH3 is 1. The van der Waals surface area contributed by atoms with Gasteiger partial charge in [0.2, 0.25) is 0 Å². The molecule has 0 aromatic rings. The predicted molar refractivity (Wildman–Crippen MR) is 70.6 cm³/mol. The molecule has 0 amide bonds. The maximum absolute atomic E-state index is 6.02. The monoisotopic (exact) mass is 230 g/mol. The zero-order valence-corrected chi connectivity index (χ0v) is 11.9. The Morgan fingerprint density at radius 2 is 1.81 bits per heavy atom. The van der Waals surface area contributed by atoms with Gasteiger partial charge in [-0.05, 0) is 46.2 Å². The highest BCUT2D eigenvalue weighted by Gasteiger charge is 2.17. The lowest BCUT2D eigenvalue weighted by atomic mass is 10.0. The summed E-state index contributed by atoms with van der Waals surface area (Å²) in [7, 11) is 3.92. The van der Waals surface area contributed by atoms with Gasteiger partial charge in [0.15, 0.2) is 0 Å². The van der Waals surface area contributed by atoms with E-state index in [1.165, 1.54) is 0 Å². The molecule has 0 fully saturated rings. The maximum Gasteiger partial charge on any atom is 0.0634 e. The molecule has 0 heterocycles. The quantitative estimate of drug-likeness (QED) is 0.694. The average molecular weight is 230 g/mol. The Morgan fingerprint density at radius 1 is 1.25 bits per heavy atom. The highest BCUT2D eigenvalue weighted by molar-refractivity contribution is 4.71. The van der Waals surface area contributed by atoms with Gasteiger partial charge in [-0.2, -0.15) is 0 Å². The first-order valence-corrected chi connectivity index (χ1v) is 6.28. The van der Waals surface area contributed by atoms with E-state index < -0.39 is 0 Å². The Morgan fingerprint density at radius 3 is 2.25 bits per heavy atom. The summed E-state index contributed by atoms with van der Waals surface area (Å²) in [5.74, 6) is 0.573. The topological polar surface area (TPSA) is 38.5 Å². The third kappa shape index (κ3) is 7.20. The highest BCUT2D eigenvalue weighted by Crippen LogP contribution is 2.13. The van der Waals surface area contributed by atoms with E-state index in [1.807, 2.05) is 0 Å². The summed E-state index contributed by atoms with van der Waals surface area (Å²) in [6, 6.07) is 0.317. The number of hydrogen-bond donors (Lipinski definition) is 1. The van der Waals surface area contributed by atoms with E-state index in [1.54, 1.807) is 7.11 Å². The number of hydrogen-bond acceptors (Lipinski definition) is 3. The Balaban J connectivity index is 3.71. The van der Waals surface area contributed by atoms with E-state index in [2.05, 4.69) is 39.6 Å². The van der Waals surface area contributed by atoms with Crippen LogP contribution in [0.5, 0.6) is 0 Å². The van der Waals surface area contributed by atoms with Crippen molar-refractivity contribution < 1.29 is 4.74 Å². The molecule has 0 aromatic heterocycles. The second-order valence-corrected chi connectivity index (χ2v) is 5.71. The van der Waals surface area contributed by atoms with Gasteiger partial charge in [-0.1, -0.05) is 13.8 Å². The largest absolute Gasteiger partial charge is 0.379 e. The van der Waals surface area contributed by atoms with Crippen molar-refractivity contribution in [3.8, 4) is 0 Å². The fourth-order valence-corrected chi connectivity index (χ4v) is 1.38. The summed E-state index contributed by atoms with van der Waals surface area (Å²) in [6.45, 7) is 10.7. The number of nitrogens with two attached hydrogens (primary N) is 1. The minimum atomic E-state index is -0.0194. The van der Waals surface area contributed by atoms with Crippen LogP contribution in [0.2, 0.25) is 0 Å². The van der Waals surface area contributed by atoms with Crippen molar-refractivity contribution in [1.82, 2.24) is 4.90 Å².